The molecule has 0 fully saturated rings. The Bertz CT molecular complexity index is 875. The summed E-state index contributed by atoms with van der Waals surface area (Å²) in [4.78, 5) is 40.9. The van der Waals surface area contributed by atoms with E-state index in [1.807, 2.05) is 0 Å². The van der Waals surface area contributed by atoms with Crippen LogP contribution in [0.1, 0.15) is 23.2 Å². The van der Waals surface area contributed by atoms with Crippen LogP contribution < -0.4 is 21.8 Å². The van der Waals surface area contributed by atoms with Crippen LogP contribution in [0.4, 0.5) is 5.69 Å². The first-order valence-electron chi connectivity index (χ1n) is 8.84. The number of hydrogen-bond acceptors (Lipinski definition) is 5. The highest BCUT2D eigenvalue weighted by molar-refractivity contribution is 6.01. The van der Waals surface area contributed by atoms with Crippen LogP contribution in [0.15, 0.2) is 65.7 Å². The lowest BCUT2D eigenvalue weighted by Gasteiger charge is -2.21. The number of anilines is 1. The van der Waals surface area contributed by atoms with Crippen LogP contribution in [0.3, 0.4) is 0 Å². The van der Waals surface area contributed by atoms with Gasteiger partial charge in [-0.05, 0) is 42.1 Å². The Morgan fingerprint density at radius 2 is 1.63 bits per heavy atom. The number of hydrogen-bond donors (Lipinski definition) is 3. The number of halogens is 1. The third-order valence-corrected chi connectivity index (χ3v) is 3.96. The van der Waals surface area contributed by atoms with Crippen molar-refractivity contribution in [3.8, 4) is 0 Å². The molecule has 0 aliphatic carbocycles. The molecule has 2 aromatic rings. The maximum Gasteiger partial charge on any atom is 0.311 e. The lowest BCUT2D eigenvalue weighted by Crippen LogP contribution is -2.51. The van der Waals surface area contributed by atoms with Crippen LogP contribution in [-0.4, -0.2) is 35.4 Å². The SMILES string of the molecule is Cl.NC(N)=NCCCC(NC(=O)c1ccccc1)C(=O)N(c1ccccc1)[N+](=O)[O-]. The van der Waals surface area contributed by atoms with E-state index >= 15 is 0 Å². The van der Waals surface area contributed by atoms with E-state index in [1.165, 1.54) is 12.1 Å². The maximum atomic E-state index is 13.0. The van der Waals surface area contributed by atoms with Gasteiger partial charge in [0.15, 0.2) is 11.0 Å². The van der Waals surface area contributed by atoms with Crippen molar-refractivity contribution < 1.29 is 14.6 Å². The number of nitrogens with two attached hydrogens (primary N) is 2. The summed E-state index contributed by atoms with van der Waals surface area (Å²) in [6, 6.07) is 14.8. The first kappa shape index (κ1) is 24.4. The van der Waals surface area contributed by atoms with Crippen LogP contribution >= 0.6 is 12.4 Å². The van der Waals surface area contributed by atoms with E-state index in [4.69, 9.17) is 11.5 Å². The van der Waals surface area contributed by atoms with Crippen molar-refractivity contribution in [2.75, 3.05) is 11.6 Å². The Kier molecular flexibility index (Phi) is 9.77. The number of amides is 2. The van der Waals surface area contributed by atoms with Gasteiger partial charge >= 0.3 is 5.91 Å². The van der Waals surface area contributed by atoms with Gasteiger partial charge in [0.05, 0.1) is 0 Å². The topological polar surface area (TPSA) is 157 Å². The number of nitro groups is 1. The molecule has 0 heterocycles. The quantitative estimate of drug-likeness (QED) is 0.178. The van der Waals surface area contributed by atoms with Gasteiger partial charge in [-0.2, -0.15) is 0 Å². The van der Waals surface area contributed by atoms with Crippen molar-refractivity contribution in [1.29, 1.82) is 0 Å². The molecule has 2 amide bonds. The van der Waals surface area contributed by atoms with Crippen molar-refractivity contribution in [1.82, 2.24) is 5.32 Å². The van der Waals surface area contributed by atoms with Gasteiger partial charge in [0.1, 0.15) is 11.7 Å². The molecule has 0 saturated carbocycles. The number of guanidine groups is 1. The summed E-state index contributed by atoms with van der Waals surface area (Å²) in [5, 5.41) is 13.8. The molecule has 0 spiro atoms. The molecular weight excluding hydrogens is 412 g/mol. The number of benzene rings is 2. The highest BCUT2D eigenvalue weighted by Gasteiger charge is 2.34. The molecule has 2 rings (SSSR count). The van der Waals surface area contributed by atoms with Crippen molar-refractivity contribution in [2.45, 2.75) is 18.9 Å². The van der Waals surface area contributed by atoms with E-state index in [0.29, 0.717) is 17.0 Å². The van der Waals surface area contributed by atoms with Gasteiger partial charge < -0.3 is 16.8 Å². The molecule has 5 N–H and O–H groups in total. The minimum Gasteiger partial charge on any atom is -0.370 e. The van der Waals surface area contributed by atoms with Crippen LogP contribution in [0.5, 0.6) is 0 Å². The van der Waals surface area contributed by atoms with E-state index < -0.39 is 22.9 Å². The van der Waals surface area contributed by atoms with Crippen molar-refractivity contribution in [3.05, 3.63) is 76.3 Å². The highest BCUT2D eigenvalue weighted by Crippen LogP contribution is 2.16. The van der Waals surface area contributed by atoms with E-state index in [9.17, 15) is 19.7 Å². The number of nitrogens with zero attached hydrogens (tertiary/aromatic N) is 3. The molecule has 30 heavy (non-hydrogen) atoms. The van der Waals surface area contributed by atoms with Gasteiger partial charge in [-0.3, -0.25) is 14.6 Å². The summed E-state index contributed by atoms with van der Waals surface area (Å²) in [7, 11) is 0. The average Bonchev–Trinajstić information content (AvgIpc) is 2.71. The molecule has 2 aromatic carbocycles. The molecule has 0 aliphatic heterocycles. The standard InChI is InChI=1S/C19H22N6O4.ClH/c20-19(21)22-13-7-12-16(23-17(26)14-8-3-1-4-9-14)18(27)24(25(28)29)15-10-5-2-6-11-15;/h1-6,8-11,16H,7,12-13H2,(H,23,26)(H4,20,21,22);1H. The smallest absolute Gasteiger partial charge is 0.311 e. The number of hydrazine groups is 1. The summed E-state index contributed by atoms with van der Waals surface area (Å²) in [5.74, 6) is -1.48. The van der Waals surface area contributed by atoms with Crippen LogP contribution in [0.2, 0.25) is 0 Å². The fraction of sp³-hybridized carbons (Fsp3) is 0.211. The number of carbonyl (C=O) groups excluding carboxylic acids is 2. The second kappa shape index (κ2) is 12.0. The van der Waals surface area contributed by atoms with Gasteiger partial charge in [-0.15, -0.1) is 12.4 Å². The fourth-order valence-electron chi connectivity index (χ4n) is 2.61. The predicted octanol–water partition coefficient (Wildman–Crippen LogP) is 1.49. The number of para-hydroxylation sites is 1. The minimum atomic E-state index is -1.14. The first-order valence-corrected chi connectivity index (χ1v) is 8.84. The normalized spacial score (nSPS) is 10.8. The Morgan fingerprint density at radius 1 is 1.07 bits per heavy atom. The van der Waals surface area contributed by atoms with Gasteiger partial charge in [-0.1, -0.05) is 36.4 Å². The van der Waals surface area contributed by atoms with Crippen LogP contribution in [0.25, 0.3) is 0 Å². The van der Waals surface area contributed by atoms with Gasteiger partial charge in [-0.25, -0.2) is 10.1 Å². The number of carbonyl (C=O) groups is 2. The zero-order valence-electron chi connectivity index (χ0n) is 16.0. The first-order chi connectivity index (χ1) is 13.9. The van der Waals surface area contributed by atoms with E-state index in [1.54, 1.807) is 48.5 Å². The molecule has 0 bridgehead atoms. The third-order valence-electron chi connectivity index (χ3n) is 3.96. The molecule has 0 radical (unpaired) electrons. The second-order valence-electron chi connectivity index (χ2n) is 6.06. The molecule has 0 aromatic heterocycles. The minimum absolute atomic E-state index is 0. The van der Waals surface area contributed by atoms with Gasteiger partial charge in [0.25, 0.3) is 5.91 Å². The maximum absolute atomic E-state index is 13.0. The second-order valence-corrected chi connectivity index (χ2v) is 6.06. The predicted molar refractivity (Wildman–Crippen MR) is 116 cm³/mol. The molecule has 0 saturated heterocycles. The Labute approximate surface area is 179 Å². The number of aliphatic imine (C=N–C) groups is 1. The summed E-state index contributed by atoms with van der Waals surface area (Å²) < 4.78 is 0. The van der Waals surface area contributed by atoms with Crippen molar-refractivity contribution >= 4 is 35.9 Å². The molecule has 160 valence electrons. The monoisotopic (exact) mass is 434 g/mol. The summed E-state index contributed by atoms with van der Waals surface area (Å²) >= 11 is 0. The summed E-state index contributed by atoms with van der Waals surface area (Å²) in [6.45, 7) is 0.219. The van der Waals surface area contributed by atoms with E-state index in [2.05, 4.69) is 10.3 Å². The fourth-order valence-corrected chi connectivity index (χ4v) is 2.61. The Hall–Kier alpha value is -3.66. The lowest BCUT2D eigenvalue weighted by molar-refractivity contribution is -0.484. The van der Waals surface area contributed by atoms with Crippen LogP contribution in [0, 0.1) is 10.1 Å². The summed E-state index contributed by atoms with van der Waals surface area (Å²) in [6.07, 6.45) is 0.453. The molecular formula is C19H23ClN6O4. The van der Waals surface area contributed by atoms with Crippen molar-refractivity contribution in [3.63, 3.8) is 0 Å². The Morgan fingerprint density at radius 3 is 2.17 bits per heavy atom. The molecule has 11 heteroatoms. The highest BCUT2D eigenvalue weighted by atomic mass is 35.5. The summed E-state index contributed by atoms with van der Waals surface area (Å²) in [5.41, 5.74) is 11.0. The Balaban J connectivity index is 0.00000450. The zero-order valence-corrected chi connectivity index (χ0v) is 16.8. The molecule has 1 atom stereocenters. The molecule has 1 unspecified atom stereocenters. The lowest BCUT2D eigenvalue weighted by atomic mass is 10.1. The third kappa shape index (κ3) is 7.06. The molecule has 10 nitrogen and oxygen atoms in total. The van der Waals surface area contributed by atoms with E-state index in [0.717, 1.165) is 0 Å². The molecule has 0 aliphatic rings. The number of rotatable bonds is 9. The average molecular weight is 435 g/mol. The zero-order chi connectivity index (χ0) is 21.2. The number of nitrogens with one attached hydrogen (secondary N) is 1. The van der Waals surface area contributed by atoms with Gasteiger partial charge in [0.2, 0.25) is 0 Å². The van der Waals surface area contributed by atoms with Gasteiger partial charge in [0, 0.05) is 12.1 Å². The van der Waals surface area contributed by atoms with E-state index in [-0.39, 0.29) is 37.0 Å². The van der Waals surface area contributed by atoms with Crippen LogP contribution in [-0.2, 0) is 4.79 Å². The van der Waals surface area contributed by atoms with Crippen molar-refractivity contribution in [2.24, 2.45) is 16.5 Å². The largest absolute Gasteiger partial charge is 0.370 e.